The molecule has 3 aliphatic rings. The molecule has 11 heteroatoms. The van der Waals surface area contributed by atoms with Crippen molar-refractivity contribution in [3.63, 3.8) is 0 Å². The summed E-state index contributed by atoms with van der Waals surface area (Å²) in [6.45, 7) is 4.49. The van der Waals surface area contributed by atoms with E-state index in [1.165, 1.54) is 22.7 Å². The summed E-state index contributed by atoms with van der Waals surface area (Å²) in [6.07, 6.45) is 8.10. The highest BCUT2D eigenvalue weighted by Gasteiger charge is 2.29. The van der Waals surface area contributed by atoms with Gasteiger partial charge >= 0.3 is 5.97 Å². The molecular weight excluding hydrogens is 462 g/mol. The van der Waals surface area contributed by atoms with Crippen molar-refractivity contribution in [2.24, 2.45) is 11.8 Å². The molecule has 0 radical (unpaired) electrons. The maximum absolute atomic E-state index is 11.9. The Labute approximate surface area is 200 Å². The fraction of sp³-hybridized carbons (Fsp3) is 0.545. The van der Waals surface area contributed by atoms with Gasteiger partial charge in [0.05, 0.1) is 18.6 Å². The molecule has 9 nitrogen and oxygen atoms in total. The van der Waals surface area contributed by atoms with Crippen molar-refractivity contribution in [2.45, 2.75) is 38.5 Å². The van der Waals surface area contributed by atoms with Crippen molar-refractivity contribution in [3.05, 3.63) is 34.3 Å². The number of ether oxygens (including phenoxy) is 2. The van der Waals surface area contributed by atoms with Crippen LogP contribution in [-0.4, -0.2) is 58.7 Å². The van der Waals surface area contributed by atoms with Crippen LogP contribution in [0.25, 0.3) is 5.57 Å². The van der Waals surface area contributed by atoms with Gasteiger partial charge in [0, 0.05) is 36.6 Å². The molecule has 1 aliphatic carbocycles. The Bertz CT molecular complexity index is 1040. The van der Waals surface area contributed by atoms with Crippen LogP contribution >= 0.6 is 22.7 Å². The number of aliphatic hydroxyl groups is 1. The van der Waals surface area contributed by atoms with E-state index >= 15 is 0 Å². The molecule has 5 rings (SSSR count). The number of nitrogens with one attached hydrogen (secondary N) is 1. The Kier molecular flexibility index (Phi) is 6.72. The summed E-state index contributed by atoms with van der Waals surface area (Å²) in [5.74, 6) is 0.245. The summed E-state index contributed by atoms with van der Waals surface area (Å²) in [5.41, 5.74) is 1.63. The summed E-state index contributed by atoms with van der Waals surface area (Å²) < 4.78 is 10.8. The molecule has 0 saturated carbocycles. The molecule has 2 aromatic rings. The van der Waals surface area contributed by atoms with Crippen LogP contribution in [0, 0.1) is 11.8 Å². The van der Waals surface area contributed by atoms with Crippen molar-refractivity contribution in [3.8, 4) is 0 Å². The van der Waals surface area contributed by atoms with E-state index in [2.05, 4.69) is 43.6 Å². The van der Waals surface area contributed by atoms with Crippen molar-refractivity contribution in [1.29, 1.82) is 0 Å². The summed E-state index contributed by atoms with van der Waals surface area (Å²) in [7, 11) is 0. The number of fused-ring (bicyclic) bond motifs is 1. The zero-order valence-corrected chi connectivity index (χ0v) is 20.0. The highest BCUT2D eigenvalue weighted by molar-refractivity contribution is 7.19. The van der Waals surface area contributed by atoms with E-state index < -0.39 is 6.23 Å². The van der Waals surface area contributed by atoms with Crippen molar-refractivity contribution in [1.82, 2.24) is 15.2 Å². The van der Waals surface area contributed by atoms with Gasteiger partial charge in [0.15, 0.2) is 6.23 Å². The van der Waals surface area contributed by atoms with E-state index in [0.29, 0.717) is 23.4 Å². The predicted octanol–water partition coefficient (Wildman–Crippen LogP) is 3.24. The molecular formula is C22H27N5O4S2. The molecule has 2 aromatic heterocycles. The third-order valence-corrected chi connectivity index (χ3v) is 7.98. The third-order valence-electron chi connectivity index (χ3n) is 6.15. The molecule has 3 unspecified atom stereocenters. The number of allylic oxidation sites excluding steroid dienone is 2. The van der Waals surface area contributed by atoms with E-state index in [-0.39, 0.29) is 18.0 Å². The van der Waals surface area contributed by atoms with Gasteiger partial charge in [0.25, 0.3) is 0 Å². The zero-order valence-electron chi connectivity index (χ0n) is 18.3. The lowest BCUT2D eigenvalue weighted by molar-refractivity contribution is -0.148. The largest absolute Gasteiger partial charge is 0.466 e. The SMILES string of the molecule is CCOC(=O)C1CCN(c2nnc(NC(O)c3csc(C4=CC5CCOC5C=C4)n3)s2)CC1. The van der Waals surface area contributed by atoms with Crippen LogP contribution in [0.4, 0.5) is 10.3 Å². The topological polar surface area (TPSA) is 110 Å². The Morgan fingerprint density at radius 3 is 3.03 bits per heavy atom. The van der Waals surface area contributed by atoms with E-state index in [9.17, 15) is 9.90 Å². The molecule has 3 atom stereocenters. The highest BCUT2D eigenvalue weighted by atomic mass is 32.1. The molecule has 176 valence electrons. The predicted molar refractivity (Wildman–Crippen MR) is 127 cm³/mol. The molecule has 4 heterocycles. The Morgan fingerprint density at radius 2 is 2.21 bits per heavy atom. The maximum Gasteiger partial charge on any atom is 0.309 e. The van der Waals surface area contributed by atoms with Gasteiger partial charge in [0.1, 0.15) is 10.7 Å². The molecule has 0 aromatic carbocycles. The second-order valence-electron chi connectivity index (χ2n) is 8.30. The maximum atomic E-state index is 11.9. The average Bonchev–Trinajstić information content (AvgIpc) is 3.59. The number of hydrogen-bond donors (Lipinski definition) is 2. The van der Waals surface area contributed by atoms with Gasteiger partial charge in [-0.1, -0.05) is 29.6 Å². The summed E-state index contributed by atoms with van der Waals surface area (Å²) in [4.78, 5) is 18.7. The number of hydrogen-bond acceptors (Lipinski definition) is 11. The Balaban J connectivity index is 1.17. The minimum absolute atomic E-state index is 0.0476. The van der Waals surface area contributed by atoms with Crippen molar-refractivity contribution in [2.75, 3.05) is 36.5 Å². The Hall–Kier alpha value is -2.34. The van der Waals surface area contributed by atoms with Gasteiger partial charge in [-0.3, -0.25) is 4.79 Å². The first-order chi connectivity index (χ1) is 16.1. The second kappa shape index (κ2) is 9.88. The van der Waals surface area contributed by atoms with Crippen LogP contribution in [0.2, 0.25) is 0 Å². The molecule has 33 heavy (non-hydrogen) atoms. The fourth-order valence-corrected chi connectivity index (χ4v) is 6.00. The standard InChI is InChI=1S/C22H27N5O4S2/c1-2-30-20(29)13-5-8-27(9-6-13)22-26-25-21(33-22)24-18(28)16-12-32-19(23-16)15-3-4-17-14(11-15)7-10-31-17/h3-4,11-14,17-18,28H,2,5-10H2,1H3,(H,24,25). The van der Waals surface area contributed by atoms with E-state index in [1.807, 2.05) is 12.3 Å². The lowest BCUT2D eigenvalue weighted by Crippen LogP contribution is -2.36. The summed E-state index contributed by atoms with van der Waals surface area (Å²) in [6, 6.07) is 0. The van der Waals surface area contributed by atoms with E-state index in [1.54, 1.807) is 0 Å². The lowest BCUT2D eigenvalue weighted by Gasteiger charge is -2.30. The molecule has 2 aliphatic heterocycles. The molecule has 2 saturated heterocycles. The minimum Gasteiger partial charge on any atom is -0.466 e. The molecule has 2 N–H and O–H groups in total. The van der Waals surface area contributed by atoms with Crippen molar-refractivity contribution >= 4 is 44.5 Å². The second-order valence-corrected chi connectivity index (χ2v) is 10.1. The number of thiazole rings is 1. The molecule has 0 bridgehead atoms. The first-order valence-electron chi connectivity index (χ1n) is 11.3. The summed E-state index contributed by atoms with van der Waals surface area (Å²) >= 11 is 2.90. The number of esters is 1. The Morgan fingerprint density at radius 1 is 1.36 bits per heavy atom. The quantitative estimate of drug-likeness (QED) is 0.447. The van der Waals surface area contributed by atoms with Crippen LogP contribution in [0.1, 0.15) is 43.1 Å². The van der Waals surface area contributed by atoms with Crippen LogP contribution < -0.4 is 10.2 Å². The van der Waals surface area contributed by atoms with E-state index in [0.717, 1.165) is 54.7 Å². The number of piperidine rings is 1. The van der Waals surface area contributed by atoms with Gasteiger partial charge in [-0.15, -0.1) is 21.5 Å². The van der Waals surface area contributed by atoms with Gasteiger partial charge in [-0.25, -0.2) is 4.98 Å². The minimum atomic E-state index is -0.971. The smallest absolute Gasteiger partial charge is 0.309 e. The molecule has 0 amide bonds. The van der Waals surface area contributed by atoms with Crippen LogP contribution in [0.3, 0.4) is 0 Å². The zero-order chi connectivity index (χ0) is 22.8. The molecule has 2 fully saturated rings. The normalized spacial score (nSPS) is 23.8. The van der Waals surface area contributed by atoms with E-state index in [4.69, 9.17) is 9.47 Å². The first kappa shape index (κ1) is 22.5. The van der Waals surface area contributed by atoms with Gasteiger partial charge in [-0.05, 0) is 26.2 Å². The number of rotatable bonds is 7. The summed E-state index contributed by atoms with van der Waals surface area (Å²) in [5, 5.41) is 26.1. The van der Waals surface area contributed by atoms with Gasteiger partial charge < -0.3 is 24.8 Å². The number of aliphatic hydroxyl groups excluding tert-OH is 1. The number of nitrogens with zero attached hydrogens (tertiary/aromatic N) is 4. The molecule has 0 spiro atoms. The average molecular weight is 490 g/mol. The van der Waals surface area contributed by atoms with Crippen LogP contribution in [0.5, 0.6) is 0 Å². The van der Waals surface area contributed by atoms with Gasteiger partial charge in [0.2, 0.25) is 10.3 Å². The highest BCUT2D eigenvalue weighted by Crippen LogP contribution is 2.34. The number of carbonyl (C=O) groups is 1. The first-order valence-corrected chi connectivity index (χ1v) is 13.0. The third kappa shape index (κ3) is 4.96. The number of aromatic nitrogens is 3. The van der Waals surface area contributed by atoms with Gasteiger partial charge in [-0.2, -0.15) is 0 Å². The lowest BCUT2D eigenvalue weighted by atomic mass is 9.93. The van der Waals surface area contributed by atoms with Crippen LogP contribution in [0.15, 0.2) is 23.6 Å². The number of anilines is 2. The fourth-order valence-electron chi connectivity index (χ4n) is 4.34. The number of carbonyl (C=O) groups excluding carboxylic acids is 1. The monoisotopic (exact) mass is 489 g/mol. The van der Waals surface area contributed by atoms with Crippen LogP contribution in [-0.2, 0) is 14.3 Å². The van der Waals surface area contributed by atoms with Crippen molar-refractivity contribution < 1.29 is 19.4 Å².